The Morgan fingerprint density at radius 3 is 2.27 bits per heavy atom. The highest BCUT2D eigenvalue weighted by molar-refractivity contribution is 7.15. The third-order valence-electron chi connectivity index (χ3n) is 4.06. The lowest BCUT2D eigenvalue weighted by Gasteiger charge is -2.26. The van der Waals surface area contributed by atoms with Crippen LogP contribution >= 0.6 is 11.3 Å². The zero-order chi connectivity index (χ0) is 19.5. The molecule has 2 aromatic rings. The largest absolute Gasteiger partial charge is 0.327 e. The molecule has 26 heavy (non-hydrogen) atoms. The number of nitrogens with one attached hydrogen (secondary N) is 1. The summed E-state index contributed by atoms with van der Waals surface area (Å²) >= 11 is 1.41. The number of carbonyl (C=O) groups excluding carboxylic acids is 2. The van der Waals surface area contributed by atoms with Crippen molar-refractivity contribution < 1.29 is 9.59 Å². The molecule has 0 spiro atoms. The maximum absolute atomic E-state index is 12.9. The molecule has 0 radical (unpaired) electrons. The molecule has 0 aliphatic rings. The van der Waals surface area contributed by atoms with E-state index < -0.39 is 0 Å². The fraction of sp³-hybridized carbons (Fsp3) is 0.450. The predicted octanol–water partition coefficient (Wildman–Crippen LogP) is 4.24. The van der Waals surface area contributed by atoms with Crippen molar-refractivity contribution in [3.05, 3.63) is 46.5 Å². The summed E-state index contributed by atoms with van der Waals surface area (Å²) < 4.78 is 0. The summed E-state index contributed by atoms with van der Waals surface area (Å²) in [6.45, 7) is 12.1. The molecule has 1 N–H and O–H groups in total. The second-order valence-corrected chi connectivity index (χ2v) is 8.91. The fourth-order valence-electron chi connectivity index (χ4n) is 2.49. The SMILES string of the molecule is Cc1cnc(NC(=O)CN(C(=O)c2ccc(C(C)(C)C)cc2)C(C)C)s1. The number of aromatic nitrogens is 1. The van der Waals surface area contributed by atoms with Gasteiger partial charge in [0.05, 0.1) is 0 Å². The summed E-state index contributed by atoms with van der Waals surface area (Å²) in [5, 5.41) is 3.31. The Labute approximate surface area is 159 Å². The number of hydrogen-bond donors (Lipinski definition) is 1. The average Bonchev–Trinajstić information content (AvgIpc) is 2.96. The predicted molar refractivity (Wildman–Crippen MR) is 107 cm³/mol. The highest BCUT2D eigenvalue weighted by Crippen LogP contribution is 2.23. The first-order chi connectivity index (χ1) is 12.1. The molecular formula is C20H27N3O2S. The van der Waals surface area contributed by atoms with Gasteiger partial charge in [-0.25, -0.2) is 4.98 Å². The first-order valence-corrected chi connectivity index (χ1v) is 9.53. The van der Waals surface area contributed by atoms with Crippen molar-refractivity contribution >= 4 is 28.3 Å². The molecule has 0 saturated carbocycles. The monoisotopic (exact) mass is 373 g/mol. The fourth-order valence-corrected chi connectivity index (χ4v) is 3.17. The van der Waals surface area contributed by atoms with Crippen molar-refractivity contribution in [1.82, 2.24) is 9.88 Å². The standard InChI is InChI=1S/C20H27N3O2S/c1-13(2)23(12-17(24)22-19-21-11-14(3)26-19)18(25)15-7-9-16(10-8-15)20(4,5)6/h7-11,13H,12H2,1-6H3,(H,21,22,24). The first kappa shape index (κ1) is 20.1. The smallest absolute Gasteiger partial charge is 0.254 e. The van der Waals surface area contributed by atoms with Gasteiger partial charge in [-0.15, -0.1) is 11.3 Å². The second kappa shape index (κ2) is 7.99. The zero-order valence-electron chi connectivity index (χ0n) is 16.3. The Kier molecular flexibility index (Phi) is 6.18. The van der Waals surface area contributed by atoms with Crippen LogP contribution in [0.15, 0.2) is 30.5 Å². The number of hydrogen-bond acceptors (Lipinski definition) is 4. The van der Waals surface area contributed by atoms with Crippen LogP contribution in [-0.2, 0) is 10.2 Å². The van der Waals surface area contributed by atoms with Crippen LogP contribution in [0, 0.1) is 6.92 Å². The van der Waals surface area contributed by atoms with Gasteiger partial charge in [-0.2, -0.15) is 0 Å². The lowest BCUT2D eigenvalue weighted by molar-refractivity contribution is -0.117. The number of benzene rings is 1. The van der Waals surface area contributed by atoms with Gasteiger partial charge in [0.25, 0.3) is 5.91 Å². The van der Waals surface area contributed by atoms with E-state index in [1.165, 1.54) is 16.9 Å². The number of anilines is 1. The van der Waals surface area contributed by atoms with Gasteiger partial charge in [-0.3, -0.25) is 9.59 Å². The maximum Gasteiger partial charge on any atom is 0.254 e. The van der Waals surface area contributed by atoms with E-state index in [0.29, 0.717) is 10.7 Å². The lowest BCUT2D eigenvalue weighted by Crippen LogP contribution is -2.42. The molecule has 0 aliphatic carbocycles. The Balaban J connectivity index is 2.10. The molecule has 0 saturated heterocycles. The summed E-state index contributed by atoms with van der Waals surface area (Å²) in [6, 6.07) is 7.53. The second-order valence-electron chi connectivity index (χ2n) is 7.68. The van der Waals surface area contributed by atoms with Gasteiger partial charge < -0.3 is 10.2 Å². The lowest BCUT2D eigenvalue weighted by atomic mass is 9.86. The Hall–Kier alpha value is -2.21. The highest BCUT2D eigenvalue weighted by atomic mass is 32.1. The normalized spacial score (nSPS) is 11.5. The molecule has 1 aromatic carbocycles. The van der Waals surface area contributed by atoms with Crippen LogP contribution in [0.4, 0.5) is 5.13 Å². The topological polar surface area (TPSA) is 62.3 Å². The number of thiazole rings is 1. The minimum absolute atomic E-state index is 0.00382. The molecule has 5 nitrogen and oxygen atoms in total. The summed E-state index contributed by atoms with van der Waals surface area (Å²) in [5.41, 5.74) is 1.79. The number of carbonyl (C=O) groups is 2. The molecule has 140 valence electrons. The molecule has 0 unspecified atom stereocenters. The minimum atomic E-state index is -0.243. The molecule has 0 atom stereocenters. The molecule has 2 rings (SSSR count). The van der Waals surface area contributed by atoms with Gasteiger partial charge in [-0.1, -0.05) is 32.9 Å². The number of amides is 2. The van der Waals surface area contributed by atoms with Crippen LogP contribution in [0.2, 0.25) is 0 Å². The van der Waals surface area contributed by atoms with Crippen molar-refractivity contribution in [2.45, 2.75) is 53.0 Å². The summed E-state index contributed by atoms with van der Waals surface area (Å²) in [4.78, 5) is 31.9. The zero-order valence-corrected chi connectivity index (χ0v) is 17.1. The van der Waals surface area contributed by atoms with E-state index in [1.54, 1.807) is 11.1 Å². The Bertz CT molecular complexity index is 773. The molecule has 6 heteroatoms. The van der Waals surface area contributed by atoms with Crippen LogP contribution in [0.5, 0.6) is 0 Å². The van der Waals surface area contributed by atoms with Crippen molar-refractivity contribution in [1.29, 1.82) is 0 Å². The first-order valence-electron chi connectivity index (χ1n) is 8.71. The third-order valence-corrected chi connectivity index (χ3v) is 4.89. The molecule has 1 aromatic heterocycles. The van der Waals surface area contributed by atoms with Crippen LogP contribution < -0.4 is 5.32 Å². The molecule has 1 heterocycles. The number of aryl methyl sites for hydroxylation is 1. The summed E-state index contributed by atoms with van der Waals surface area (Å²) in [6.07, 6.45) is 1.71. The van der Waals surface area contributed by atoms with Crippen molar-refractivity contribution in [3.63, 3.8) is 0 Å². The van der Waals surface area contributed by atoms with Gasteiger partial charge >= 0.3 is 0 Å². The van der Waals surface area contributed by atoms with Crippen LogP contribution in [0.1, 0.15) is 55.4 Å². The summed E-state index contributed by atoms with van der Waals surface area (Å²) in [5.74, 6) is -0.390. The van der Waals surface area contributed by atoms with Crippen LogP contribution in [0.25, 0.3) is 0 Å². The van der Waals surface area contributed by atoms with E-state index in [0.717, 1.165) is 4.88 Å². The summed E-state index contributed by atoms with van der Waals surface area (Å²) in [7, 11) is 0. The average molecular weight is 374 g/mol. The van der Waals surface area contributed by atoms with E-state index in [-0.39, 0.29) is 29.8 Å². The molecule has 2 amide bonds. The quantitative estimate of drug-likeness (QED) is 0.853. The number of rotatable bonds is 5. The molecule has 0 fully saturated rings. The molecule has 0 bridgehead atoms. The van der Waals surface area contributed by atoms with Gasteiger partial charge in [0.15, 0.2) is 5.13 Å². The van der Waals surface area contributed by atoms with Crippen molar-refractivity contribution in [2.24, 2.45) is 0 Å². The van der Waals surface area contributed by atoms with E-state index in [2.05, 4.69) is 31.1 Å². The third kappa shape index (κ3) is 5.14. The van der Waals surface area contributed by atoms with Crippen LogP contribution in [-0.4, -0.2) is 34.3 Å². The van der Waals surface area contributed by atoms with E-state index in [4.69, 9.17) is 0 Å². The van der Waals surface area contributed by atoms with Crippen molar-refractivity contribution in [2.75, 3.05) is 11.9 Å². The van der Waals surface area contributed by atoms with Crippen molar-refractivity contribution in [3.8, 4) is 0 Å². The maximum atomic E-state index is 12.9. The minimum Gasteiger partial charge on any atom is -0.327 e. The van der Waals surface area contributed by atoms with E-state index >= 15 is 0 Å². The molecule has 0 aliphatic heterocycles. The van der Waals surface area contributed by atoms with Crippen LogP contribution in [0.3, 0.4) is 0 Å². The molecular weight excluding hydrogens is 346 g/mol. The van der Waals surface area contributed by atoms with Gasteiger partial charge in [0.1, 0.15) is 6.54 Å². The highest BCUT2D eigenvalue weighted by Gasteiger charge is 2.23. The van der Waals surface area contributed by atoms with Gasteiger partial charge in [0, 0.05) is 22.7 Å². The number of nitrogens with zero attached hydrogens (tertiary/aromatic N) is 2. The van der Waals surface area contributed by atoms with E-state index in [1.807, 2.05) is 45.0 Å². The van der Waals surface area contributed by atoms with Gasteiger partial charge in [-0.05, 0) is 43.9 Å². The Morgan fingerprint density at radius 2 is 1.81 bits per heavy atom. The van der Waals surface area contributed by atoms with Gasteiger partial charge in [0.2, 0.25) is 5.91 Å². The Morgan fingerprint density at radius 1 is 1.19 bits per heavy atom. The van der Waals surface area contributed by atoms with E-state index in [9.17, 15) is 9.59 Å².